The molecule has 2 amide bonds. The molecule has 2 aromatic carbocycles. The minimum Gasteiger partial charge on any atom is -0.349 e. The van der Waals surface area contributed by atoms with Crippen LogP contribution in [0.25, 0.3) is 0 Å². The number of carbonyl (C=O) groups excluding carboxylic acids is 2. The van der Waals surface area contributed by atoms with Crippen LogP contribution in [0.3, 0.4) is 0 Å². The Kier molecular flexibility index (Phi) is 7.69. The molecule has 2 aliphatic heterocycles. The van der Waals surface area contributed by atoms with Gasteiger partial charge in [-0.3, -0.25) is 14.5 Å². The van der Waals surface area contributed by atoms with E-state index < -0.39 is 11.7 Å². The summed E-state index contributed by atoms with van der Waals surface area (Å²) < 4.78 is 14.2. The number of amides is 2. The average molecular weight is 484 g/mol. The Labute approximate surface area is 205 Å². The number of hydrogen-bond acceptors (Lipinski definition) is 3. The van der Waals surface area contributed by atoms with Crippen molar-refractivity contribution in [2.75, 3.05) is 26.2 Å². The molecule has 2 atom stereocenters. The molecule has 2 aliphatic rings. The molecular formula is C27H31ClFN3O2. The highest BCUT2D eigenvalue weighted by Crippen LogP contribution is 2.32. The molecule has 1 unspecified atom stereocenters. The molecule has 2 aromatic rings. The van der Waals surface area contributed by atoms with Gasteiger partial charge in [0.25, 0.3) is 5.91 Å². The number of nitrogens with one attached hydrogen (secondary N) is 1. The van der Waals surface area contributed by atoms with Crippen LogP contribution in [0.5, 0.6) is 0 Å². The van der Waals surface area contributed by atoms with Gasteiger partial charge in [0.1, 0.15) is 5.82 Å². The number of rotatable bonds is 8. The zero-order valence-electron chi connectivity index (χ0n) is 19.6. The van der Waals surface area contributed by atoms with E-state index in [0.717, 1.165) is 31.6 Å². The molecule has 2 heterocycles. The van der Waals surface area contributed by atoms with E-state index in [0.29, 0.717) is 18.9 Å². The molecule has 1 saturated heterocycles. The molecule has 34 heavy (non-hydrogen) atoms. The van der Waals surface area contributed by atoms with Gasteiger partial charge in [-0.1, -0.05) is 61.8 Å². The van der Waals surface area contributed by atoms with Crippen molar-refractivity contribution in [2.24, 2.45) is 11.8 Å². The number of fused-ring (bicyclic) bond motifs is 1. The van der Waals surface area contributed by atoms with Gasteiger partial charge >= 0.3 is 0 Å². The van der Waals surface area contributed by atoms with Crippen molar-refractivity contribution >= 4 is 23.4 Å². The largest absolute Gasteiger partial charge is 0.349 e. The van der Waals surface area contributed by atoms with Crippen LogP contribution >= 0.6 is 11.6 Å². The topological polar surface area (TPSA) is 52.7 Å². The molecule has 0 bridgehead atoms. The molecule has 4 rings (SSSR count). The van der Waals surface area contributed by atoms with Crippen molar-refractivity contribution < 1.29 is 14.0 Å². The second-order valence-corrected chi connectivity index (χ2v) is 10.0. The van der Waals surface area contributed by atoms with Crippen LogP contribution in [0.15, 0.2) is 60.3 Å². The molecule has 180 valence electrons. The zero-order valence-corrected chi connectivity index (χ0v) is 20.4. The Morgan fingerprint density at radius 3 is 2.56 bits per heavy atom. The zero-order chi connectivity index (χ0) is 24.2. The van der Waals surface area contributed by atoms with Gasteiger partial charge in [-0.15, -0.1) is 0 Å². The van der Waals surface area contributed by atoms with Crippen molar-refractivity contribution in [3.8, 4) is 0 Å². The first-order valence-corrected chi connectivity index (χ1v) is 12.2. The third-order valence-electron chi connectivity index (χ3n) is 6.45. The van der Waals surface area contributed by atoms with Gasteiger partial charge in [0.2, 0.25) is 5.91 Å². The van der Waals surface area contributed by atoms with Gasteiger partial charge in [0.05, 0.1) is 16.6 Å². The van der Waals surface area contributed by atoms with E-state index in [2.05, 4.69) is 22.3 Å². The van der Waals surface area contributed by atoms with Gasteiger partial charge in [0.15, 0.2) is 0 Å². The maximum atomic E-state index is 14.2. The Morgan fingerprint density at radius 2 is 1.88 bits per heavy atom. The molecule has 1 N–H and O–H groups in total. The van der Waals surface area contributed by atoms with Crippen LogP contribution in [0.2, 0.25) is 5.02 Å². The van der Waals surface area contributed by atoms with Gasteiger partial charge in [-0.25, -0.2) is 4.39 Å². The van der Waals surface area contributed by atoms with Crippen molar-refractivity contribution in [3.63, 3.8) is 0 Å². The minimum atomic E-state index is -0.596. The summed E-state index contributed by atoms with van der Waals surface area (Å²) in [7, 11) is 0. The third kappa shape index (κ3) is 5.68. The summed E-state index contributed by atoms with van der Waals surface area (Å²) in [5, 5.41) is 3.34. The SMILES string of the molecule is CC(C)CC(=O)N[C@@H](CCN1CC2=CN(C(=O)c3c(F)cccc3Cl)CC2C1)c1ccccc1. The molecule has 7 heteroatoms. The fourth-order valence-corrected chi connectivity index (χ4v) is 5.04. The first-order chi connectivity index (χ1) is 16.3. The maximum Gasteiger partial charge on any atom is 0.262 e. The average Bonchev–Trinajstić information content (AvgIpc) is 3.35. The van der Waals surface area contributed by atoms with Crippen molar-refractivity contribution in [2.45, 2.75) is 32.7 Å². The number of hydrogen-bond donors (Lipinski definition) is 1. The smallest absolute Gasteiger partial charge is 0.262 e. The lowest BCUT2D eigenvalue weighted by Gasteiger charge is -2.24. The standard InChI is InChI=1S/C27H31ClFN3O2/c1-18(2)13-25(33)30-24(19-7-4-3-5-8-19)11-12-31-14-20-16-32(17-21(20)15-31)27(34)26-22(28)9-6-10-23(26)29/h3-10,16,18,21,24H,11-15,17H2,1-2H3,(H,30,33)/t21?,24-/m0/s1. The van der Waals surface area contributed by atoms with Crippen LogP contribution in [-0.2, 0) is 4.79 Å². The van der Waals surface area contributed by atoms with E-state index in [-0.39, 0.29) is 28.5 Å². The highest BCUT2D eigenvalue weighted by molar-refractivity contribution is 6.33. The monoisotopic (exact) mass is 483 g/mol. The van der Waals surface area contributed by atoms with E-state index >= 15 is 0 Å². The lowest BCUT2D eigenvalue weighted by Crippen LogP contribution is -2.34. The number of nitrogens with zero attached hydrogens (tertiary/aromatic N) is 2. The fourth-order valence-electron chi connectivity index (χ4n) is 4.79. The summed E-state index contributed by atoms with van der Waals surface area (Å²) >= 11 is 6.09. The van der Waals surface area contributed by atoms with Crippen LogP contribution in [0.4, 0.5) is 4.39 Å². The first kappa shape index (κ1) is 24.4. The summed E-state index contributed by atoms with van der Waals surface area (Å²) in [5.74, 6) is -0.369. The molecule has 5 nitrogen and oxygen atoms in total. The van der Waals surface area contributed by atoms with Crippen LogP contribution in [-0.4, -0.2) is 47.8 Å². The molecule has 0 spiro atoms. The van der Waals surface area contributed by atoms with Crippen LogP contribution < -0.4 is 5.32 Å². The molecule has 0 saturated carbocycles. The molecule has 0 aliphatic carbocycles. The molecule has 1 fully saturated rings. The minimum absolute atomic E-state index is 0.0388. The lowest BCUT2D eigenvalue weighted by molar-refractivity contribution is -0.122. The van der Waals surface area contributed by atoms with Gasteiger partial charge in [0, 0.05) is 44.7 Å². The fraction of sp³-hybridized carbons (Fsp3) is 0.407. The molecule has 0 radical (unpaired) electrons. The summed E-state index contributed by atoms with van der Waals surface area (Å²) in [5.41, 5.74) is 2.22. The highest BCUT2D eigenvalue weighted by Gasteiger charge is 2.36. The van der Waals surface area contributed by atoms with E-state index in [1.54, 1.807) is 4.90 Å². The number of halogens is 2. The van der Waals surface area contributed by atoms with Gasteiger partial charge < -0.3 is 10.2 Å². The Hall–Kier alpha value is -2.70. The quantitative estimate of drug-likeness (QED) is 0.572. The predicted octanol–water partition coefficient (Wildman–Crippen LogP) is 5.04. The predicted molar refractivity (Wildman–Crippen MR) is 132 cm³/mol. The summed E-state index contributed by atoms with van der Waals surface area (Å²) in [6.45, 7) is 7.05. The van der Waals surface area contributed by atoms with Crippen molar-refractivity contribution in [1.82, 2.24) is 15.1 Å². The normalized spacial score (nSPS) is 18.7. The van der Waals surface area contributed by atoms with E-state index in [9.17, 15) is 14.0 Å². The lowest BCUT2D eigenvalue weighted by atomic mass is 10.0. The van der Waals surface area contributed by atoms with E-state index in [1.807, 2.05) is 38.2 Å². The number of benzene rings is 2. The van der Waals surface area contributed by atoms with Crippen LogP contribution in [0.1, 0.15) is 48.7 Å². The first-order valence-electron chi connectivity index (χ1n) is 11.8. The third-order valence-corrected chi connectivity index (χ3v) is 6.77. The van der Waals surface area contributed by atoms with E-state index in [1.165, 1.54) is 23.8 Å². The Morgan fingerprint density at radius 1 is 1.12 bits per heavy atom. The van der Waals surface area contributed by atoms with Crippen LogP contribution in [0, 0.1) is 17.7 Å². The van der Waals surface area contributed by atoms with Crippen molar-refractivity contribution in [1.29, 1.82) is 0 Å². The number of likely N-dealkylation sites (tertiary alicyclic amines) is 1. The van der Waals surface area contributed by atoms with Crippen molar-refractivity contribution in [3.05, 3.63) is 82.3 Å². The van der Waals surface area contributed by atoms with Gasteiger partial charge in [-0.05, 0) is 35.6 Å². The van der Waals surface area contributed by atoms with E-state index in [4.69, 9.17) is 11.6 Å². The molecular weight excluding hydrogens is 453 g/mol. The Balaban J connectivity index is 1.37. The molecule has 0 aromatic heterocycles. The van der Waals surface area contributed by atoms with Gasteiger partial charge in [-0.2, -0.15) is 0 Å². The Bertz CT molecular complexity index is 1050. The summed E-state index contributed by atoms with van der Waals surface area (Å²) in [6, 6.07) is 14.3. The summed E-state index contributed by atoms with van der Waals surface area (Å²) in [4.78, 5) is 29.2. The summed E-state index contributed by atoms with van der Waals surface area (Å²) in [6.07, 6.45) is 3.17. The highest BCUT2D eigenvalue weighted by atomic mass is 35.5. The number of carbonyl (C=O) groups is 2. The second kappa shape index (κ2) is 10.7. The second-order valence-electron chi connectivity index (χ2n) is 9.61. The maximum absolute atomic E-state index is 14.2.